The van der Waals surface area contributed by atoms with Crippen LogP contribution in [0.3, 0.4) is 0 Å². The molecule has 0 saturated heterocycles. The van der Waals surface area contributed by atoms with E-state index in [1.54, 1.807) is 0 Å². The molecule has 0 unspecified atom stereocenters. The minimum absolute atomic E-state index is 0.530. The predicted molar refractivity (Wildman–Crippen MR) is 66.1 cm³/mol. The Kier molecular flexibility index (Phi) is 3.62. The normalized spacial score (nSPS) is 25.0. The van der Waals surface area contributed by atoms with Crippen LogP contribution in [-0.2, 0) is 6.42 Å². The molecule has 1 saturated carbocycles. The number of nitrogens with zero attached hydrogens (tertiary/aromatic N) is 1. The summed E-state index contributed by atoms with van der Waals surface area (Å²) in [5.74, 6) is 1.67. The molecule has 0 radical (unpaired) electrons. The zero-order valence-corrected chi connectivity index (χ0v) is 9.95. The maximum Gasteiger partial charge on any atom is 0.0669 e. The zero-order valence-electron chi connectivity index (χ0n) is 9.95. The standard InChI is InChI=1S/C15H19N/c1-12-2-6-14(7-3-12)15-8-4-13(5-9-15)10-11-16/h4-5,8-9,12,14H,2-3,6-7,10H2,1H3. The molecule has 0 atom stereocenters. The van der Waals surface area contributed by atoms with Crippen LogP contribution in [0.5, 0.6) is 0 Å². The second kappa shape index (κ2) is 5.16. The molecule has 1 fully saturated rings. The average Bonchev–Trinajstić information content (AvgIpc) is 2.32. The highest BCUT2D eigenvalue weighted by Gasteiger charge is 2.19. The highest BCUT2D eigenvalue weighted by Crippen LogP contribution is 2.35. The fraction of sp³-hybridized carbons (Fsp3) is 0.533. The van der Waals surface area contributed by atoms with Gasteiger partial charge in [0.2, 0.25) is 0 Å². The van der Waals surface area contributed by atoms with Gasteiger partial charge in [-0.3, -0.25) is 0 Å². The third kappa shape index (κ3) is 2.64. The van der Waals surface area contributed by atoms with Crippen LogP contribution in [0.15, 0.2) is 24.3 Å². The summed E-state index contributed by atoms with van der Waals surface area (Å²) in [6, 6.07) is 10.8. The van der Waals surface area contributed by atoms with Crippen molar-refractivity contribution in [3.05, 3.63) is 35.4 Å². The maximum absolute atomic E-state index is 8.62. The lowest BCUT2D eigenvalue weighted by molar-refractivity contribution is 0.348. The van der Waals surface area contributed by atoms with Crippen LogP contribution in [0, 0.1) is 17.2 Å². The fourth-order valence-corrected chi connectivity index (χ4v) is 2.59. The van der Waals surface area contributed by atoms with Gasteiger partial charge in [-0.25, -0.2) is 0 Å². The second-order valence-corrected chi connectivity index (χ2v) is 5.03. The summed E-state index contributed by atoms with van der Waals surface area (Å²) in [6.45, 7) is 2.35. The first kappa shape index (κ1) is 11.2. The summed E-state index contributed by atoms with van der Waals surface area (Å²) in [5.41, 5.74) is 2.60. The quantitative estimate of drug-likeness (QED) is 0.727. The lowest BCUT2D eigenvalue weighted by atomic mass is 9.79. The van der Waals surface area contributed by atoms with Crippen molar-refractivity contribution in [3.63, 3.8) is 0 Å². The van der Waals surface area contributed by atoms with E-state index in [9.17, 15) is 0 Å². The topological polar surface area (TPSA) is 23.8 Å². The molecular weight excluding hydrogens is 194 g/mol. The van der Waals surface area contributed by atoms with E-state index in [1.165, 1.54) is 31.2 Å². The van der Waals surface area contributed by atoms with Crippen molar-refractivity contribution in [1.29, 1.82) is 5.26 Å². The Morgan fingerprint density at radius 2 is 1.75 bits per heavy atom. The summed E-state index contributed by atoms with van der Waals surface area (Å²) in [6.07, 6.45) is 5.93. The molecule has 2 rings (SSSR count). The van der Waals surface area contributed by atoms with E-state index in [1.807, 2.05) is 0 Å². The monoisotopic (exact) mass is 213 g/mol. The number of benzene rings is 1. The first-order valence-corrected chi connectivity index (χ1v) is 6.25. The first-order valence-electron chi connectivity index (χ1n) is 6.25. The van der Waals surface area contributed by atoms with Crippen molar-refractivity contribution in [3.8, 4) is 6.07 Å². The van der Waals surface area contributed by atoms with Gasteiger partial charge < -0.3 is 0 Å². The van der Waals surface area contributed by atoms with E-state index in [-0.39, 0.29) is 0 Å². The van der Waals surface area contributed by atoms with E-state index >= 15 is 0 Å². The Morgan fingerprint density at radius 1 is 1.12 bits per heavy atom. The zero-order chi connectivity index (χ0) is 11.4. The van der Waals surface area contributed by atoms with Gasteiger partial charge >= 0.3 is 0 Å². The number of hydrogen-bond donors (Lipinski definition) is 0. The Balaban J connectivity index is 2.02. The van der Waals surface area contributed by atoms with Crippen LogP contribution in [0.2, 0.25) is 0 Å². The molecule has 1 nitrogen and oxygen atoms in total. The van der Waals surface area contributed by atoms with Crippen molar-refractivity contribution in [2.45, 2.75) is 44.9 Å². The minimum Gasteiger partial charge on any atom is -0.198 e. The molecule has 16 heavy (non-hydrogen) atoms. The van der Waals surface area contributed by atoms with Gasteiger partial charge in [-0.15, -0.1) is 0 Å². The number of hydrogen-bond acceptors (Lipinski definition) is 1. The van der Waals surface area contributed by atoms with Crippen molar-refractivity contribution < 1.29 is 0 Å². The third-order valence-corrected chi connectivity index (χ3v) is 3.75. The van der Waals surface area contributed by atoms with E-state index in [4.69, 9.17) is 5.26 Å². The molecule has 0 heterocycles. The maximum atomic E-state index is 8.62. The smallest absolute Gasteiger partial charge is 0.0669 e. The Labute approximate surface area is 98.1 Å². The molecule has 0 bridgehead atoms. The van der Waals surface area contributed by atoms with Crippen LogP contribution < -0.4 is 0 Å². The molecule has 1 aromatic rings. The lowest BCUT2D eigenvalue weighted by Crippen LogP contribution is -2.10. The number of rotatable bonds is 2. The van der Waals surface area contributed by atoms with Crippen molar-refractivity contribution in [1.82, 2.24) is 0 Å². The summed E-state index contributed by atoms with van der Waals surface area (Å²) < 4.78 is 0. The molecule has 1 aromatic carbocycles. The Morgan fingerprint density at radius 3 is 2.31 bits per heavy atom. The van der Waals surface area contributed by atoms with Gasteiger partial charge in [-0.1, -0.05) is 44.0 Å². The van der Waals surface area contributed by atoms with E-state index < -0.39 is 0 Å². The Hall–Kier alpha value is -1.29. The van der Waals surface area contributed by atoms with Crippen molar-refractivity contribution >= 4 is 0 Å². The highest BCUT2D eigenvalue weighted by atomic mass is 14.2. The minimum atomic E-state index is 0.530. The SMILES string of the molecule is CC1CCC(c2ccc(CC#N)cc2)CC1. The van der Waals surface area contributed by atoms with Crippen LogP contribution in [0.25, 0.3) is 0 Å². The first-order chi connectivity index (χ1) is 7.79. The van der Waals surface area contributed by atoms with Crippen LogP contribution in [0.4, 0.5) is 0 Å². The molecule has 1 aliphatic carbocycles. The van der Waals surface area contributed by atoms with Gasteiger partial charge in [-0.2, -0.15) is 5.26 Å². The van der Waals surface area contributed by atoms with Crippen LogP contribution in [0.1, 0.15) is 49.7 Å². The summed E-state index contributed by atoms with van der Waals surface area (Å²) >= 11 is 0. The lowest BCUT2D eigenvalue weighted by Gasteiger charge is -2.26. The summed E-state index contributed by atoms with van der Waals surface area (Å²) in [5, 5.41) is 8.62. The van der Waals surface area contributed by atoms with Crippen molar-refractivity contribution in [2.75, 3.05) is 0 Å². The summed E-state index contributed by atoms with van der Waals surface area (Å²) in [4.78, 5) is 0. The molecule has 1 aliphatic rings. The van der Waals surface area contributed by atoms with Crippen molar-refractivity contribution in [2.24, 2.45) is 5.92 Å². The van der Waals surface area contributed by atoms with Gasteiger partial charge in [0.05, 0.1) is 12.5 Å². The molecule has 84 valence electrons. The molecular formula is C15H19N. The Bertz CT molecular complexity index is 363. The van der Waals surface area contributed by atoms with E-state index in [0.29, 0.717) is 6.42 Å². The molecule has 0 spiro atoms. The van der Waals surface area contributed by atoms with Crippen LogP contribution >= 0.6 is 0 Å². The van der Waals surface area contributed by atoms with Crippen LogP contribution in [-0.4, -0.2) is 0 Å². The van der Waals surface area contributed by atoms with Gasteiger partial charge in [0.25, 0.3) is 0 Å². The second-order valence-electron chi connectivity index (χ2n) is 5.03. The largest absolute Gasteiger partial charge is 0.198 e. The van der Waals surface area contributed by atoms with Gasteiger partial charge in [0.1, 0.15) is 0 Å². The molecule has 0 amide bonds. The third-order valence-electron chi connectivity index (χ3n) is 3.75. The van der Waals surface area contributed by atoms with Gasteiger partial charge in [-0.05, 0) is 35.8 Å². The van der Waals surface area contributed by atoms with Gasteiger partial charge in [0, 0.05) is 0 Å². The molecule has 0 N–H and O–H groups in total. The fourth-order valence-electron chi connectivity index (χ4n) is 2.59. The highest BCUT2D eigenvalue weighted by molar-refractivity contribution is 5.27. The molecule has 0 aliphatic heterocycles. The summed E-state index contributed by atoms with van der Waals surface area (Å²) in [7, 11) is 0. The predicted octanol–water partition coefficient (Wildman–Crippen LogP) is 4.05. The molecule has 0 aromatic heterocycles. The number of nitriles is 1. The molecule has 1 heteroatoms. The van der Waals surface area contributed by atoms with E-state index in [2.05, 4.69) is 37.3 Å². The van der Waals surface area contributed by atoms with E-state index in [0.717, 1.165) is 17.4 Å². The van der Waals surface area contributed by atoms with Gasteiger partial charge in [0.15, 0.2) is 0 Å². The average molecular weight is 213 g/mol.